The maximum absolute atomic E-state index is 12.0. The van der Waals surface area contributed by atoms with Crippen LogP contribution in [0.5, 0.6) is 0 Å². The second-order valence-corrected chi connectivity index (χ2v) is 5.08. The third kappa shape index (κ3) is 6.97. The van der Waals surface area contributed by atoms with Crippen LogP contribution in [0.3, 0.4) is 0 Å². The molecule has 0 aromatic rings. The Balaban J connectivity index is 2.06. The minimum absolute atomic E-state index is 0.254. The number of ether oxygens (including phenoxy) is 1. The predicted molar refractivity (Wildman–Crippen MR) is 73.6 cm³/mol. The standard InChI is InChI=1S/C14H28N2O2/c1-18-12-11-15-9-10-16-14(17)13-7-5-3-2-4-6-8-13/h13,15H,2-12H2,1H3,(H,16,17). The first-order valence-corrected chi connectivity index (χ1v) is 7.32. The molecule has 1 aliphatic rings. The molecule has 0 spiro atoms. The Morgan fingerprint density at radius 3 is 2.39 bits per heavy atom. The van der Waals surface area contributed by atoms with Gasteiger partial charge in [-0.1, -0.05) is 32.1 Å². The fraction of sp³-hybridized carbons (Fsp3) is 0.929. The summed E-state index contributed by atoms with van der Waals surface area (Å²) in [5.41, 5.74) is 0. The second-order valence-electron chi connectivity index (χ2n) is 5.08. The quantitative estimate of drug-likeness (QED) is 0.682. The third-order valence-corrected chi connectivity index (χ3v) is 3.56. The molecule has 0 heterocycles. The van der Waals surface area contributed by atoms with E-state index >= 15 is 0 Å². The van der Waals surface area contributed by atoms with Gasteiger partial charge in [0.2, 0.25) is 5.91 Å². The van der Waals surface area contributed by atoms with Gasteiger partial charge in [0, 0.05) is 32.7 Å². The molecule has 0 saturated heterocycles. The van der Waals surface area contributed by atoms with Crippen molar-refractivity contribution < 1.29 is 9.53 Å². The average molecular weight is 256 g/mol. The summed E-state index contributed by atoms with van der Waals surface area (Å²) in [6, 6.07) is 0. The van der Waals surface area contributed by atoms with E-state index < -0.39 is 0 Å². The molecule has 0 aromatic heterocycles. The van der Waals surface area contributed by atoms with Crippen LogP contribution >= 0.6 is 0 Å². The molecule has 1 rings (SSSR count). The van der Waals surface area contributed by atoms with Crippen molar-refractivity contribution in [3.05, 3.63) is 0 Å². The Morgan fingerprint density at radius 1 is 1.06 bits per heavy atom. The lowest BCUT2D eigenvalue weighted by molar-refractivity contribution is -0.125. The van der Waals surface area contributed by atoms with Gasteiger partial charge >= 0.3 is 0 Å². The summed E-state index contributed by atoms with van der Waals surface area (Å²) < 4.78 is 4.94. The Hall–Kier alpha value is -0.610. The number of carbonyl (C=O) groups excluding carboxylic acids is 1. The van der Waals surface area contributed by atoms with Gasteiger partial charge in [0.25, 0.3) is 0 Å². The molecule has 4 nitrogen and oxygen atoms in total. The highest BCUT2D eigenvalue weighted by molar-refractivity contribution is 5.78. The maximum Gasteiger partial charge on any atom is 0.223 e. The van der Waals surface area contributed by atoms with Crippen molar-refractivity contribution in [2.75, 3.05) is 33.4 Å². The van der Waals surface area contributed by atoms with Crippen molar-refractivity contribution in [2.45, 2.75) is 44.9 Å². The van der Waals surface area contributed by atoms with E-state index in [4.69, 9.17) is 4.74 Å². The van der Waals surface area contributed by atoms with Crippen molar-refractivity contribution in [2.24, 2.45) is 5.92 Å². The molecule has 1 fully saturated rings. The Bertz CT molecular complexity index is 214. The van der Waals surface area contributed by atoms with Crippen molar-refractivity contribution in [1.29, 1.82) is 0 Å². The summed E-state index contributed by atoms with van der Waals surface area (Å²) in [6.07, 6.45) is 8.50. The smallest absolute Gasteiger partial charge is 0.223 e. The van der Waals surface area contributed by atoms with Gasteiger partial charge in [-0.3, -0.25) is 4.79 Å². The highest BCUT2D eigenvalue weighted by Gasteiger charge is 2.18. The van der Waals surface area contributed by atoms with Crippen LogP contribution in [0.1, 0.15) is 44.9 Å². The number of amides is 1. The topological polar surface area (TPSA) is 50.4 Å². The van der Waals surface area contributed by atoms with Crippen LogP contribution in [0.25, 0.3) is 0 Å². The fourth-order valence-corrected chi connectivity index (χ4v) is 2.44. The number of methoxy groups -OCH3 is 1. The lowest BCUT2D eigenvalue weighted by Crippen LogP contribution is -2.36. The summed E-state index contributed by atoms with van der Waals surface area (Å²) in [5, 5.41) is 6.26. The van der Waals surface area contributed by atoms with Gasteiger partial charge in [-0.15, -0.1) is 0 Å². The molecule has 1 aliphatic carbocycles. The first-order valence-electron chi connectivity index (χ1n) is 7.32. The molecule has 0 aromatic carbocycles. The lowest BCUT2D eigenvalue weighted by Gasteiger charge is -2.19. The fourth-order valence-electron chi connectivity index (χ4n) is 2.44. The average Bonchev–Trinajstić information content (AvgIpc) is 2.33. The van der Waals surface area contributed by atoms with Crippen LogP contribution in [-0.2, 0) is 9.53 Å². The first-order chi connectivity index (χ1) is 8.84. The van der Waals surface area contributed by atoms with E-state index in [1.54, 1.807) is 7.11 Å². The van der Waals surface area contributed by atoms with Crippen LogP contribution < -0.4 is 10.6 Å². The van der Waals surface area contributed by atoms with Gasteiger partial charge in [0.1, 0.15) is 0 Å². The number of carbonyl (C=O) groups is 1. The normalized spacial score (nSPS) is 18.1. The zero-order valence-electron chi connectivity index (χ0n) is 11.7. The molecule has 18 heavy (non-hydrogen) atoms. The van der Waals surface area contributed by atoms with Crippen LogP contribution in [-0.4, -0.2) is 39.3 Å². The van der Waals surface area contributed by atoms with Gasteiger partial charge < -0.3 is 15.4 Å². The summed E-state index contributed by atoms with van der Waals surface area (Å²) >= 11 is 0. The molecule has 1 amide bonds. The SMILES string of the molecule is COCCNCCNC(=O)C1CCCCCCC1. The Kier molecular flexibility index (Phi) is 8.86. The van der Waals surface area contributed by atoms with Crippen LogP contribution in [0.2, 0.25) is 0 Å². The summed E-state index contributed by atoms with van der Waals surface area (Å²) in [7, 11) is 1.69. The zero-order valence-corrected chi connectivity index (χ0v) is 11.7. The molecule has 0 atom stereocenters. The van der Waals surface area contributed by atoms with Gasteiger partial charge in [-0.25, -0.2) is 0 Å². The molecule has 0 bridgehead atoms. The second kappa shape index (κ2) is 10.3. The monoisotopic (exact) mass is 256 g/mol. The molecular weight excluding hydrogens is 228 g/mol. The van der Waals surface area contributed by atoms with E-state index in [-0.39, 0.29) is 11.8 Å². The van der Waals surface area contributed by atoms with E-state index in [0.29, 0.717) is 0 Å². The van der Waals surface area contributed by atoms with Crippen LogP contribution in [0.4, 0.5) is 0 Å². The maximum atomic E-state index is 12.0. The molecular formula is C14H28N2O2. The van der Waals surface area contributed by atoms with Gasteiger partial charge in [-0.2, -0.15) is 0 Å². The molecule has 4 heteroatoms. The van der Waals surface area contributed by atoms with E-state index in [1.165, 1.54) is 32.1 Å². The Morgan fingerprint density at radius 2 is 1.72 bits per heavy atom. The minimum Gasteiger partial charge on any atom is -0.383 e. The third-order valence-electron chi connectivity index (χ3n) is 3.56. The van der Waals surface area contributed by atoms with Crippen molar-refractivity contribution in [3.63, 3.8) is 0 Å². The highest BCUT2D eigenvalue weighted by atomic mass is 16.5. The molecule has 0 unspecified atom stereocenters. The first kappa shape index (κ1) is 15.4. The summed E-state index contributed by atoms with van der Waals surface area (Å²) in [6.45, 7) is 3.10. The van der Waals surface area contributed by atoms with Crippen LogP contribution in [0.15, 0.2) is 0 Å². The molecule has 0 aliphatic heterocycles. The van der Waals surface area contributed by atoms with Crippen molar-refractivity contribution in [1.82, 2.24) is 10.6 Å². The summed E-state index contributed by atoms with van der Waals surface area (Å²) in [4.78, 5) is 12.0. The molecule has 2 N–H and O–H groups in total. The zero-order chi connectivity index (χ0) is 13.1. The van der Waals surface area contributed by atoms with E-state index in [0.717, 1.165) is 39.1 Å². The number of hydrogen-bond acceptors (Lipinski definition) is 3. The van der Waals surface area contributed by atoms with Gasteiger partial charge in [-0.05, 0) is 12.8 Å². The lowest BCUT2D eigenvalue weighted by atomic mass is 9.90. The predicted octanol–water partition coefficient (Wildman–Crippen LogP) is 1.70. The van der Waals surface area contributed by atoms with E-state index in [2.05, 4.69) is 10.6 Å². The number of rotatable bonds is 7. The molecule has 1 saturated carbocycles. The van der Waals surface area contributed by atoms with Gasteiger partial charge in [0.05, 0.1) is 6.61 Å². The minimum atomic E-state index is 0.254. The Labute approximate surface area is 111 Å². The largest absolute Gasteiger partial charge is 0.383 e. The number of hydrogen-bond donors (Lipinski definition) is 2. The van der Waals surface area contributed by atoms with Crippen molar-refractivity contribution >= 4 is 5.91 Å². The molecule has 106 valence electrons. The van der Waals surface area contributed by atoms with Crippen LogP contribution in [0, 0.1) is 5.92 Å². The summed E-state index contributed by atoms with van der Waals surface area (Å²) in [5.74, 6) is 0.509. The van der Waals surface area contributed by atoms with E-state index in [1.807, 2.05) is 0 Å². The van der Waals surface area contributed by atoms with Gasteiger partial charge in [0.15, 0.2) is 0 Å². The number of nitrogens with one attached hydrogen (secondary N) is 2. The van der Waals surface area contributed by atoms with E-state index in [9.17, 15) is 4.79 Å². The van der Waals surface area contributed by atoms with Crippen molar-refractivity contribution in [3.8, 4) is 0 Å². The highest BCUT2D eigenvalue weighted by Crippen LogP contribution is 2.22. The molecule has 0 radical (unpaired) electrons.